The molecule has 0 saturated carbocycles. The van der Waals surface area contributed by atoms with E-state index in [9.17, 15) is 14.4 Å². The summed E-state index contributed by atoms with van der Waals surface area (Å²) in [6.07, 6.45) is 3.65. The molecular formula is C20H20N4O3S. The summed E-state index contributed by atoms with van der Waals surface area (Å²) in [5, 5.41) is 6.21. The molecule has 0 bridgehead atoms. The first kappa shape index (κ1) is 18.4. The number of hydrogen-bond donors (Lipinski definition) is 3. The van der Waals surface area contributed by atoms with Crippen LogP contribution in [-0.4, -0.2) is 21.8 Å². The number of hydrogen-bond acceptors (Lipinski definition) is 5. The Balaban J connectivity index is 1.39. The Kier molecular flexibility index (Phi) is 4.95. The first-order chi connectivity index (χ1) is 13.5. The molecule has 144 valence electrons. The van der Waals surface area contributed by atoms with Crippen LogP contribution in [-0.2, 0) is 28.9 Å². The van der Waals surface area contributed by atoms with Crippen molar-refractivity contribution in [2.75, 3.05) is 10.6 Å². The molecule has 0 fully saturated rings. The van der Waals surface area contributed by atoms with Gasteiger partial charge in [0.2, 0.25) is 11.8 Å². The van der Waals surface area contributed by atoms with Gasteiger partial charge in [-0.25, -0.2) is 4.98 Å². The number of anilines is 2. The summed E-state index contributed by atoms with van der Waals surface area (Å²) in [6, 6.07) is 6.89. The van der Waals surface area contributed by atoms with E-state index in [0.29, 0.717) is 23.6 Å². The Morgan fingerprint density at radius 3 is 2.57 bits per heavy atom. The van der Waals surface area contributed by atoms with E-state index in [4.69, 9.17) is 0 Å². The van der Waals surface area contributed by atoms with Crippen molar-refractivity contribution in [3.63, 3.8) is 0 Å². The molecule has 4 rings (SSSR count). The van der Waals surface area contributed by atoms with Gasteiger partial charge in [0.05, 0.1) is 5.39 Å². The van der Waals surface area contributed by atoms with Crippen LogP contribution in [0.15, 0.2) is 29.1 Å². The highest BCUT2D eigenvalue weighted by atomic mass is 32.1. The molecule has 0 unspecified atom stereocenters. The van der Waals surface area contributed by atoms with Crippen LogP contribution in [0, 0.1) is 0 Å². The number of thiophene rings is 1. The molecule has 1 aromatic carbocycles. The zero-order chi connectivity index (χ0) is 19.7. The van der Waals surface area contributed by atoms with E-state index in [2.05, 4.69) is 20.6 Å². The first-order valence-electron chi connectivity index (χ1n) is 9.20. The number of benzene rings is 1. The second-order valence-electron chi connectivity index (χ2n) is 6.86. The van der Waals surface area contributed by atoms with E-state index in [1.807, 2.05) is 0 Å². The van der Waals surface area contributed by atoms with Gasteiger partial charge in [0.25, 0.3) is 5.56 Å². The number of aromatic nitrogens is 2. The fraction of sp³-hybridized carbons (Fsp3) is 0.300. The molecule has 0 aliphatic heterocycles. The van der Waals surface area contributed by atoms with Crippen LogP contribution in [0.4, 0.5) is 11.4 Å². The topological polar surface area (TPSA) is 104 Å². The highest BCUT2D eigenvalue weighted by Gasteiger charge is 2.21. The van der Waals surface area contributed by atoms with E-state index in [1.54, 1.807) is 35.6 Å². The quantitative estimate of drug-likeness (QED) is 0.617. The number of nitrogens with zero attached hydrogens (tertiary/aromatic N) is 1. The second-order valence-corrected chi connectivity index (χ2v) is 7.94. The normalized spacial score (nSPS) is 12.8. The molecule has 2 aromatic heterocycles. The van der Waals surface area contributed by atoms with Crippen molar-refractivity contribution in [1.29, 1.82) is 0 Å². The van der Waals surface area contributed by atoms with Crippen molar-refractivity contribution in [1.82, 2.24) is 9.97 Å². The molecule has 0 saturated heterocycles. The maximum Gasteiger partial charge on any atom is 0.259 e. The Morgan fingerprint density at radius 2 is 1.86 bits per heavy atom. The number of H-pyrrole nitrogens is 1. The molecule has 1 aliphatic rings. The number of aromatic amines is 1. The van der Waals surface area contributed by atoms with E-state index in [0.717, 1.165) is 35.0 Å². The van der Waals surface area contributed by atoms with Crippen molar-refractivity contribution < 1.29 is 9.59 Å². The number of aryl methyl sites for hydroxylation is 3. The van der Waals surface area contributed by atoms with Crippen molar-refractivity contribution in [2.45, 2.75) is 39.0 Å². The van der Waals surface area contributed by atoms with Crippen LogP contribution in [0.3, 0.4) is 0 Å². The molecule has 2 amide bonds. The van der Waals surface area contributed by atoms with Gasteiger partial charge in [0.1, 0.15) is 10.7 Å². The smallest absolute Gasteiger partial charge is 0.259 e. The van der Waals surface area contributed by atoms with Crippen LogP contribution in [0.2, 0.25) is 0 Å². The molecule has 7 nitrogen and oxygen atoms in total. The number of nitrogens with one attached hydrogen (secondary N) is 3. The minimum atomic E-state index is -0.163. The van der Waals surface area contributed by atoms with Crippen LogP contribution >= 0.6 is 11.3 Å². The highest BCUT2D eigenvalue weighted by molar-refractivity contribution is 7.18. The third-order valence-electron chi connectivity index (χ3n) is 4.70. The summed E-state index contributed by atoms with van der Waals surface area (Å²) in [7, 11) is 0. The molecule has 3 N–H and O–H groups in total. The number of fused-ring (bicyclic) bond motifs is 3. The summed E-state index contributed by atoms with van der Waals surface area (Å²) in [5.74, 6) is 0.225. The minimum Gasteiger partial charge on any atom is -0.326 e. The zero-order valence-corrected chi connectivity index (χ0v) is 16.2. The second kappa shape index (κ2) is 7.55. The summed E-state index contributed by atoms with van der Waals surface area (Å²) in [4.78, 5) is 45.1. The Bertz CT molecular complexity index is 1110. The van der Waals surface area contributed by atoms with E-state index >= 15 is 0 Å². The van der Waals surface area contributed by atoms with Crippen molar-refractivity contribution in [3.8, 4) is 0 Å². The molecule has 0 atom stereocenters. The highest BCUT2D eigenvalue weighted by Crippen LogP contribution is 2.34. The summed E-state index contributed by atoms with van der Waals surface area (Å²) < 4.78 is 0. The number of amides is 2. The van der Waals surface area contributed by atoms with E-state index in [1.165, 1.54) is 11.8 Å². The van der Waals surface area contributed by atoms with Gasteiger partial charge in [-0.3, -0.25) is 14.4 Å². The van der Waals surface area contributed by atoms with E-state index < -0.39 is 0 Å². The Hall–Kier alpha value is -3.00. The van der Waals surface area contributed by atoms with Gasteiger partial charge in [-0.2, -0.15) is 0 Å². The van der Waals surface area contributed by atoms with E-state index in [-0.39, 0.29) is 23.8 Å². The molecule has 0 radical (unpaired) electrons. The lowest BCUT2D eigenvalue weighted by atomic mass is 10.2. The first-order valence-corrected chi connectivity index (χ1v) is 10.0. The van der Waals surface area contributed by atoms with Gasteiger partial charge in [-0.05, 0) is 49.1 Å². The fourth-order valence-corrected chi connectivity index (χ4v) is 4.74. The maximum absolute atomic E-state index is 12.4. The molecule has 3 aromatic rings. The average Bonchev–Trinajstić information content (AvgIpc) is 3.22. The molecule has 8 heteroatoms. The monoisotopic (exact) mass is 396 g/mol. The lowest BCUT2D eigenvalue weighted by Crippen LogP contribution is -2.16. The van der Waals surface area contributed by atoms with Crippen molar-refractivity contribution >= 4 is 44.7 Å². The predicted octanol–water partition coefficient (Wildman–Crippen LogP) is 3.00. The third-order valence-corrected chi connectivity index (χ3v) is 5.89. The SMILES string of the molecule is CC(=O)Nc1ccc(NC(=O)CCc2nc3sc4c(c3c(=O)[nH]2)CCC4)cc1. The largest absolute Gasteiger partial charge is 0.326 e. The van der Waals surface area contributed by atoms with Crippen LogP contribution in [0.1, 0.15) is 36.0 Å². The van der Waals surface area contributed by atoms with Crippen molar-refractivity contribution in [2.24, 2.45) is 0 Å². The van der Waals surface area contributed by atoms with Crippen LogP contribution in [0.25, 0.3) is 10.2 Å². The lowest BCUT2D eigenvalue weighted by Gasteiger charge is -2.07. The van der Waals surface area contributed by atoms with Gasteiger partial charge in [-0.15, -0.1) is 11.3 Å². The predicted molar refractivity (Wildman–Crippen MR) is 110 cm³/mol. The summed E-state index contributed by atoms with van der Waals surface area (Å²) >= 11 is 1.60. The zero-order valence-electron chi connectivity index (χ0n) is 15.4. The average molecular weight is 396 g/mol. The van der Waals surface area contributed by atoms with Crippen molar-refractivity contribution in [3.05, 3.63) is 50.9 Å². The number of carbonyl (C=O) groups excluding carboxylic acids is 2. The lowest BCUT2D eigenvalue weighted by molar-refractivity contribution is -0.116. The van der Waals surface area contributed by atoms with Crippen LogP contribution in [0.5, 0.6) is 0 Å². The van der Waals surface area contributed by atoms with Gasteiger partial charge < -0.3 is 15.6 Å². The minimum absolute atomic E-state index is 0.103. The Morgan fingerprint density at radius 1 is 1.14 bits per heavy atom. The van der Waals surface area contributed by atoms with Gasteiger partial charge in [-0.1, -0.05) is 0 Å². The molecule has 1 aliphatic carbocycles. The molecular weight excluding hydrogens is 376 g/mol. The molecule has 28 heavy (non-hydrogen) atoms. The number of carbonyl (C=O) groups is 2. The number of rotatable bonds is 5. The van der Waals surface area contributed by atoms with Gasteiger partial charge in [0.15, 0.2) is 0 Å². The maximum atomic E-state index is 12.4. The summed E-state index contributed by atoms with van der Waals surface area (Å²) in [5.41, 5.74) is 2.36. The van der Waals surface area contributed by atoms with Crippen LogP contribution < -0.4 is 16.2 Å². The van der Waals surface area contributed by atoms with Gasteiger partial charge in [0, 0.05) is 36.0 Å². The van der Waals surface area contributed by atoms with Gasteiger partial charge >= 0.3 is 0 Å². The third kappa shape index (κ3) is 3.82. The fourth-order valence-electron chi connectivity index (χ4n) is 3.46. The standard InChI is InChI=1S/C20H20N4O3S/c1-11(25)21-12-5-7-13(8-6-12)22-17(26)10-9-16-23-19(27)18-14-3-2-4-15(14)28-20(18)24-16/h5-8H,2-4,9-10H2,1H3,(H,21,25)(H,22,26)(H,23,24,27). The molecule has 0 spiro atoms. The molecule has 2 heterocycles. The Labute approximate surface area is 165 Å². The summed E-state index contributed by atoms with van der Waals surface area (Å²) in [6.45, 7) is 1.44.